The average molecular weight is 493 g/mol. The Kier molecular flexibility index (Phi) is 6.36. The number of hydrogen-bond acceptors (Lipinski definition) is 6. The monoisotopic (exact) mass is 492 g/mol. The number of urea groups is 1. The molecule has 36 heavy (non-hydrogen) atoms. The maximum absolute atomic E-state index is 13.8. The van der Waals surface area contributed by atoms with Crippen LogP contribution in [0.2, 0.25) is 0 Å². The Morgan fingerprint density at radius 1 is 1.17 bits per heavy atom. The van der Waals surface area contributed by atoms with Gasteiger partial charge in [0, 0.05) is 43.2 Å². The summed E-state index contributed by atoms with van der Waals surface area (Å²) in [5.74, 6) is 0.635. The van der Waals surface area contributed by atoms with Gasteiger partial charge in [0.1, 0.15) is 23.1 Å². The number of amides is 3. The molecule has 2 aromatic carbocycles. The molecule has 2 atom stereocenters. The lowest BCUT2D eigenvalue weighted by Crippen LogP contribution is -2.53. The van der Waals surface area contributed by atoms with E-state index in [9.17, 15) is 14.7 Å². The van der Waals surface area contributed by atoms with Crippen molar-refractivity contribution in [3.63, 3.8) is 0 Å². The SMILES string of the molecule is COCCNCCCN1C(=O)N2[C@H](c3cccc(O)c3)c3[nH]c4ccc(OC)cc4c3C[C@@]2(C)C1=O. The van der Waals surface area contributed by atoms with E-state index in [-0.39, 0.29) is 17.7 Å². The number of imide groups is 1. The van der Waals surface area contributed by atoms with Crippen LogP contribution in [0.25, 0.3) is 10.9 Å². The van der Waals surface area contributed by atoms with Gasteiger partial charge in [0.25, 0.3) is 5.91 Å². The molecule has 0 radical (unpaired) electrons. The van der Waals surface area contributed by atoms with Gasteiger partial charge in [-0.2, -0.15) is 0 Å². The van der Waals surface area contributed by atoms with Gasteiger partial charge in [-0.3, -0.25) is 14.6 Å². The van der Waals surface area contributed by atoms with Crippen LogP contribution in [-0.2, 0) is 16.0 Å². The highest BCUT2D eigenvalue weighted by Gasteiger charge is 2.60. The molecule has 3 aromatic rings. The zero-order chi connectivity index (χ0) is 25.4. The zero-order valence-corrected chi connectivity index (χ0v) is 20.8. The van der Waals surface area contributed by atoms with Crippen LogP contribution in [-0.4, -0.2) is 77.8 Å². The lowest BCUT2D eigenvalue weighted by Gasteiger charge is -2.42. The zero-order valence-electron chi connectivity index (χ0n) is 20.8. The van der Waals surface area contributed by atoms with E-state index >= 15 is 0 Å². The number of carbonyl (C=O) groups excluding carboxylic acids is 2. The minimum Gasteiger partial charge on any atom is -0.508 e. The molecular weight excluding hydrogens is 460 g/mol. The molecule has 9 heteroatoms. The van der Waals surface area contributed by atoms with Gasteiger partial charge >= 0.3 is 6.03 Å². The number of benzene rings is 2. The highest BCUT2D eigenvalue weighted by atomic mass is 16.5. The van der Waals surface area contributed by atoms with E-state index in [4.69, 9.17) is 9.47 Å². The summed E-state index contributed by atoms with van der Waals surface area (Å²) in [6.07, 6.45) is 1.03. The van der Waals surface area contributed by atoms with Crippen LogP contribution in [0.1, 0.15) is 36.2 Å². The number of aromatic amines is 1. The van der Waals surface area contributed by atoms with Gasteiger partial charge in [0.05, 0.1) is 13.7 Å². The van der Waals surface area contributed by atoms with E-state index in [1.54, 1.807) is 37.3 Å². The lowest BCUT2D eigenvalue weighted by atomic mass is 9.81. The van der Waals surface area contributed by atoms with Gasteiger partial charge in [0.15, 0.2) is 0 Å². The molecule has 9 nitrogen and oxygen atoms in total. The molecule has 5 rings (SSSR count). The van der Waals surface area contributed by atoms with Crippen molar-refractivity contribution in [1.29, 1.82) is 0 Å². The van der Waals surface area contributed by atoms with E-state index < -0.39 is 11.6 Å². The van der Waals surface area contributed by atoms with Gasteiger partial charge < -0.3 is 24.9 Å². The topological polar surface area (TPSA) is 107 Å². The third-order valence-corrected chi connectivity index (χ3v) is 7.28. The molecule has 2 aliphatic heterocycles. The molecule has 0 aliphatic carbocycles. The molecule has 3 N–H and O–H groups in total. The van der Waals surface area contributed by atoms with Crippen molar-refractivity contribution in [1.82, 2.24) is 20.1 Å². The predicted octanol–water partition coefficient (Wildman–Crippen LogP) is 3.18. The quantitative estimate of drug-likeness (QED) is 0.313. The summed E-state index contributed by atoms with van der Waals surface area (Å²) < 4.78 is 10.5. The summed E-state index contributed by atoms with van der Waals surface area (Å²) in [7, 11) is 3.28. The number of phenolic OH excluding ortho intramolecular Hbond substituents is 1. The summed E-state index contributed by atoms with van der Waals surface area (Å²) in [6.45, 7) is 4.18. The summed E-state index contributed by atoms with van der Waals surface area (Å²) in [6, 6.07) is 11.8. The molecular formula is C27H32N4O5. The normalized spacial score (nSPS) is 21.2. The average Bonchev–Trinajstić information content (AvgIpc) is 3.31. The highest BCUT2D eigenvalue weighted by Crippen LogP contribution is 2.49. The van der Waals surface area contributed by atoms with Crippen molar-refractivity contribution in [2.24, 2.45) is 0 Å². The second-order valence-electron chi connectivity index (χ2n) is 9.58. The fraction of sp³-hybridized carbons (Fsp3) is 0.407. The molecule has 0 spiro atoms. The van der Waals surface area contributed by atoms with Crippen LogP contribution < -0.4 is 10.1 Å². The first-order valence-electron chi connectivity index (χ1n) is 12.2. The number of phenols is 1. The van der Waals surface area contributed by atoms with Crippen LogP contribution in [0.5, 0.6) is 11.5 Å². The largest absolute Gasteiger partial charge is 0.508 e. The van der Waals surface area contributed by atoms with Crippen molar-refractivity contribution < 1.29 is 24.2 Å². The molecule has 0 unspecified atom stereocenters. The van der Waals surface area contributed by atoms with Crippen molar-refractivity contribution in [3.8, 4) is 11.5 Å². The maximum atomic E-state index is 13.8. The molecule has 190 valence electrons. The number of rotatable bonds is 9. The van der Waals surface area contributed by atoms with Crippen LogP contribution in [0.3, 0.4) is 0 Å². The predicted molar refractivity (Wildman–Crippen MR) is 135 cm³/mol. The molecule has 0 bridgehead atoms. The highest BCUT2D eigenvalue weighted by molar-refractivity contribution is 6.08. The molecule has 1 fully saturated rings. The number of ether oxygens (including phenoxy) is 2. The number of fused-ring (bicyclic) bond motifs is 4. The van der Waals surface area contributed by atoms with Crippen molar-refractivity contribution in [2.45, 2.75) is 31.3 Å². The Morgan fingerprint density at radius 3 is 2.75 bits per heavy atom. The van der Waals surface area contributed by atoms with Gasteiger partial charge in [0.2, 0.25) is 0 Å². The maximum Gasteiger partial charge on any atom is 0.328 e. The van der Waals surface area contributed by atoms with E-state index in [1.807, 2.05) is 31.2 Å². The summed E-state index contributed by atoms with van der Waals surface area (Å²) in [4.78, 5) is 34.2. The molecule has 0 saturated carbocycles. The Morgan fingerprint density at radius 2 is 2.00 bits per heavy atom. The summed E-state index contributed by atoms with van der Waals surface area (Å²) >= 11 is 0. The number of hydrogen-bond donors (Lipinski definition) is 3. The van der Waals surface area contributed by atoms with E-state index in [1.165, 1.54) is 4.90 Å². The van der Waals surface area contributed by atoms with Crippen molar-refractivity contribution in [2.75, 3.05) is 40.5 Å². The van der Waals surface area contributed by atoms with E-state index in [2.05, 4.69) is 10.3 Å². The van der Waals surface area contributed by atoms with Crippen molar-refractivity contribution in [3.05, 3.63) is 59.3 Å². The van der Waals surface area contributed by atoms with Gasteiger partial charge in [-0.1, -0.05) is 12.1 Å². The van der Waals surface area contributed by atoms with Gasteiger partial charge in [-0.05, 0) is 61.3 Å². The van der Waals surface area contributed by atoms with Gasteiger partial charge in [-0.25, -0.2) is 4.79 Å². The van der Waals surface area contributed by atoms with Crippen LogP contribution in [0.4, 0.5) is 4.79 Å². The first-order chi connectivity index (χ1) is 17.4. The van der Waals surface area contributed by atoms with Crippen LogP contribution >= 0.6 is 0 Å². The second kappa shape index (κ2) is 9.48. The van der Waals surface area contributed by atoms with E-state index in [0.717, 1.165) is 33.5 Å². The minimum absolute atomic E-state index is 0.107. The first kappa shape index (κ1) is 24.1. The second-order valence-corrected chi connectivity index (χ2v) is 9.58. The number of aromatic nitrogens is 1. The Bertz CT molecular complexity index is 1300. The molecule has 3 heterocycles. The number of carbonyl (C=O) groups is 2. The van der Waals surface area contributed by atoms with Crippen molar-refractivity contribution >= 4 is 22.8 Å². The number of aromatic hydroxyl groups is 1. The molecule has 2 aliphatic rings. The first-order valence-corrected chi connectivity index (χ1v) is 12.2. The third-order valence-electron chi connectivity index (χ3n) is 7.28. The Hall–Kier alpha value is -3.56. The third kappa shape index (κ3) is 3.88. The fourth-order valence-corrected chi connectivity index (χ4v) is 5.52. The molecule has 1 aromatic heterocycles. The standard InChI is InChI=1S/C27H32N4O5/c1-27-16-21-20-15-19(36-3)8-9-22(20)29-23(21)24(17-6-4-7-18(32)14-17)31(27)26(34)30(25(27)33)12-5-10-28-11-13-35-2/h4,6-9,14-15,24,28-29,32H,5,10-13,16H2,1-3H3/t24-,27+/m1/s1. The van der Waals surface area contributed by atoms with E-state index in [0.29, 0.717) is 39.1 Å². The lowest BCUT2D eigenvalue weighted by molar-refractivity contribution is -0.133. The number of H-pyrrole nitrogens is 1. The summed E-state index contributed by atoms with van der Waals surface area (Å²) in [5.41, 5.74) is 2.44. The Labute approximate surface area is 210 Å². The molecule has 1 saturated heterocycles. The van der Waals surface area contributed by atoms with Crippen LogP contribution in [0, 0.1) is 0 Å². The number of methoxy groups -OCH3 is 2. The fourth-order valence-electron chi connectivity index (χ4n) is 5.52. The summed E-state index contributed by atoms with van der Waals surface area (Å²) in [5, 5.41) is 14.5. The molecule has 3 amide bonds. The van der Waals surface area contributed by atoms with Crippen LogP contribution in [0.15, 0.2) is 42.5 Å². The number of nitrogens with zero attached hydrogens (tertiary/aromatic N) is 2. The minimum atomic E-state index is -1.05. The Balaban J connectivity index is 1.55. The smallest absolute Gasteiger partial charge is 0.328 e. The van der Waals surface area contributed by atoms with Gasteiger partial charge in [-0.15, -0.1) is 0 Å². The number of nitrogens with one attached hydrogen (secondary N) is 2.